The fourth-order valence-corrected chi connectivity index (χ4v) is 4.07. The molecule has 3 atom stereocenters. The summed E-state index contributed by atoms with van der Waals surface area (Å²) in [5.41, 5.74) is 0.797. The molecule has 2 amide bonds. The summed E-state index contributed by atoms with van der Waals surface area (Å²) in [6, 6.07) is 9.14. The maximum atomic E-state index is 12.9. The van der Waals surface area contributed by atoms with Gasteiger partial charge in [-0.25, -0.2) is 9.00 Å². The van der Waals surface area contributed by atoms with Crippen molar-refractivity contribution in [2.45, 2.75) is 33.3 Å². The van der Waals surface area contributed by atoms with Crippen LogP contribution in [0.2, 0.25) is 0 Å². The van der Waals surface area contributed by atoms with E-state index in [0.29, 0.717) is 13.0 Å². The molecule has 0 saturated heterocycles. The number of carbonyl (C=O) groups is 2. The lowest BCUT2D eigenvalue weighted by Gasteiger charge is -2.16. The van der Waals surface area contributed by atoms with Gasteiger partial charge in [0.05, 0.1) is 5.75 Å². The third-order valence-electron chi connectivity index (χ3n) is 3.40. The minimum atomic E-state index is -3.25. The number of carbonyl (C=O) groups excluding carboxylic acids is 2. The Morgan fingerprint density at radius 2 is 1.88 bits per heavy atom. The van der Waals surface area contributed by atoms with Crippen LogP contribution < -0.4 is 4.72 Å². The molecule has 0 unspecified atom stereocenters. The average molecular weight is 370 g/mol. The van der Waals surface area contributed by atoms with Crippen molar-refractivity contribution in [2.24, 2.45) is 10.3 Å². The van der Waals surface area contributed by atoms with Crippen LogP contribution in [0, 0.1) is 5.92 Å². The van der Waals surface area contributed by atoms with Crippen molar-refractivity contribution in [3.8, 4) is 0 Å². The Kier molecular flexibility index (Phi) is 8.57. The highest BCUT2D eigenvalue weighted by Gasteiger charge is 2.20. The van der Waals surface area contributed by atoms with Crippen LogP contribution in [0.4, 0.5) is 4.79 Å². The van der Waals surface area contributed by atoms with E-state index in [0.717, 1.165) is 5.56 Å². The van der Waals surface area contributed by atoms with Crippen LogP contribution >= 0.6 is 0 Å². The molecular weight excluding hydrogens is 344 g/mol. The standard InChI is InChI=1S/C17H26N2O5S/c1-13(10-11-23-4)12-25(22,18-15(3)20)19-17(21)24-14(2)16-8-6-5-7-9-16/h5-9,13-14H,10-12H2,1-4H3,(H,18,19,20,21,22)/t13-,14-,25-/m0/s1. The van der Waals surface area contributed by atoms with E-state index in [-0.39, 0.29) is 11.7 Å². The lowest BCUT2D eigenvalue weighted by Crippen LogP contribution is -2.33. The highest BCUT2D eigenvalue weighted by atomic mass is 32.2. The first-order chi connectivity index (χ1) is 11.8. The Bertz CT molecular complexity index is 684. The molecule has 0 aliphatic rings. The molecule has 8 heteroatoms. The molecule has 1 rings (SSSR count). The topological polar surface area (TPSA) is 94.1 Å². The van der Waals surface area contributed by atoms with Gasteiger partial charge in [-0.3, -0.25) is 9.52 Å². The highest BCUT2D eigenvalue weighted by Crippen LogP contribution is 2.17. The second-order valence-corrected chi connectivity index (χ2v) is 7.88. The van der Waals surface area contributed by atoms with Crippen molar-refractivity contribution in [2.75, 3.05) is 19.5 Å². The Hall–Kier alpha value is -1.93. The zero-order chi connectivity index (χ0) is 18.9. The van der Waals surface area contributed by atoms with Gasteiger partial charge in [0.25, 0.3) is 0 Å². The molecule has 140 valence electrons. The van der Waals surface area contributed by atoms with Gasteiger partial charge in [0.1, 0.15) is 16.0 Å². The van der Waals surface area contributed by atoms with Gasteiger partial charge in [0.2, 0.25) is 5.91 Å². The largest absolute Gasteiger partial charge is 0.443 e. The second-order valence-electron chi connectivity index (χ2n) is 5.88. The van der Waals surface area contributed by atoms with E-state index in [1.807, 2.05) is 37.3 Å². The van der Waals surface area contributed by atoms with Crippen molar-refractivity contribution >= 4 is 21.9 Å². The third-order valence-corrected chi connectivity index (χ3v) is 5.47. The number of nitrogens with zero attached hydrogens (tertiary/aromatic N) is 1. The molecule has 7 nitrogen and oxygen atoms in total. The highest BCUT2D eigenvalue weighted by molar-refractivity contribution is 7.92. The predicted molar refractivity (Wildman–Crippen MR) is 96.2 cm³/mol. The first kappa shape index (κ1) is 21.1. The molecular formula is C17H26N2O5S. The zero-order valence-corrected chi connectivity index (χ0v) is 15.9. The minimum Gasteiger partial charge on any atom is -0.440 e. The maximum Gasteiger partial charge on any atom is 0.443 e. The number of hydrogen-bond donors (Lipinski definition) is 1. The van der Waals surface area contributed by atoms with Gasteiger partial charge in [-0.2, -0.15) is 0 Å². The molecule has 25 heavy (non-hydrogen) atoms. The van der Waals surface area contributed by atoms with E-state index >= 15 is 0 Å². The van der Waals surface area contributed by atoms with Crippen LogP contribution in [0.3, 0.4) is 0 Å². The van der Waals surface area contributed by atoms with Crippen LogP contribution in [-0.2, 0) is 24.2 Å². The maximum absolute atomic E-state index is 12.9. The van der Waals surface area contributed by atoms with Gasteiger partial charge < -0.3 is 9.47 Å². The molecule has 0 bridgehead atoms. The molecule has 0 aliphatic carbocycles. The number of rotatable bonds is 8. The molecule has 1 aromatic rings. The summed E-state index contributed by atoms with van der Waals surface area (Å²) in [6.07, 6.45) is -0.865. The van der Waals surface area contributed by atoms with Crippen molar-refractivity contribution in [1.29, 1.82) is 0 Å². The van der Waals surface area contributed by atoms with E-state index < -0.39 is 28.0 Å². The van der Waals surface area contributed by atoms with Crippen LogP contribution in [0.15, 0.2) is 34.7 Å². The monoisotopic (exact) mass is 370 g/mol. The average Bonchev–Trinajstić information content (AvgIpc) is 2.52. The Labute approximate surface area is 149 Å². The van der Waals surface area contributed by atoms with Gasteiger partial charge in [-0.1, -0.05) is 37.3 Å². The lowest BCUT2D eigenvalue weighted by molar-refractivity contribution is -0.117. The van der Waals surface area contributed by atoms with Crippen molar-refractivity contribution in [3.63, 3.8) is 0 Å². The first-order valence-corrected chi connectivity index (χ1v) is 9.72. The summed E-state index contributed by atoms with van der Waals surface area (Å²) in [5, 5.41) is 0. The molecule has 0 aromatic heterocycles. The molecule has 0 fully saturated rings. The van der Waals surface area contributed by atoms with E-state index in [9.17, 15) is 13.8 Å². The van der Waals surface area contributed by atoms with E-state index in [4.69, 9.17) is 9.47 Å². The lowest BCUT2D eigenvalue weighted by atomic mass is 10.1. The fraction of sp³-hybridized carbons (Fsp3) is 0.529. The third kappa shape index (κ3) is 8.13. The SMILES string of the molecule is COCC[C@H](C)C[S@@](=O)(=NC(=O)O[C@@H](C)c1ccccc1)NC(C)=O. The molecule has 0 saturated carbocycles. The Balaban J connectivity index is 2.87. The van der Waals surface area contributed by atoms with Gasteiger partial charge in [-0.05, 0) is 24.8 Å². The Morgan fingerprint density at radius 1 is 1.24 bits per heavy atom. The van der Waals surface area contributed by atoms with Crippen molar-refractivity contribution in [3.05, 3.63) is 35.9 Å². The summed E-state index contributed by atoms with van der Waals surface area (Å²) in [4.78, 5) is 23.4. The van der Waals surface area contributed by atoms with Gasteiger partial charge in [0, 0.05) is 20.6 Å². The van der Waals surface area contributed by atoms with Crippen molar-refractivity contribution in [1.82, 2.24) is 4.72 Å². The predicted octanol–water partition coefficient (Wildman–Crippen LogP) is 3.08. The minimum absolute atomic E-state index is 0.0464. The van der Waals surface area contributed by atoms with Gasteiger partial charge in [-0.15, -0.1) is 4.36 Å². The van der Waals surface area contributed by atoms with E-state index in [1.54, 1.807) is 14.0 Å². The summed E-state index contributed by atoms with van der Waals surface area (Å²) < 4.78 is 29.0. The molecule has 0 aliphatic heterocycles. The first-order valence-electron chi connectivity index (χ1n) is 8.03. The molecule has 1 N–H and O–H groups in total. The van der Waals surface area contributed by atoms with Crippen LogP contribution in [-0.4, -0.2) is 35.7 Å². The second kappa shape index (κ2) is 10.1. The van der Waals surface area contributed by atoms with Gasteiger partial charge >= 0.3 is 6.09 Å². The smallest absolute Gasteiger partial charge is 0.440 e. The summed E-state index contributed by atoms with van der Waals surface area (Å²) in [6.45, 7) is 5.28. The molecule has 0 spiro atoms. The van der Waals surface area contributed by atoms with Crippen LogP contribution in [0.25, 0.3) is 0 Å². The number of nitrogens with one attached hydrogen (secondary N) is 1. The molecule has 0 radical (unpaired) electrons. The molecule has 0 heterocycles. The number of hydrogen-bond acceptors (Lipinski definition) is 5. The number of methoxy groups -OCH3 is 1. The zero-order valence-electron chi connectivity index (χ0n) is 15.1. The van der Waals surface area contributed by atoms with E-state index in [1.165, 1.54) is 6.92 Å². The molecule has 1 aromatic carbocycles. The summed E-state index contributed by atoms with van der Waals surface area (Å²) >= 11 is 0. The summed E-state index contributed by atoms with van der Waals surface area (Å²) in [7, 11) is -1.68. The van der Waals surface area contributed by atoms with Crippen LogP contribution in [0.1, 0.15) is 38.9 Å². The number of amides is 2. The van der Waals surface area contributed by atoms with Crippen LogP contribution in [0.5, 0.6) is 0 Å². The number of benzene rings is 1. The van der Waals surface area contributed by atoms with Crippen molar-refractivity contribution < 1.29 is 23.3 Å². The summed E-state index contributed by atoms with van der Waals surface area (Å²) in [5.74, 6) is -0.524. The van der Waals surface area contributed by atoms with E-state index in [2.05, 4.69) is 9.08 Å². The fourth-order valence-electron chi connectivity index (χ4n) is 2.20. The quantitative estimate of drug-likeness (QED) is 0.759. The Morgan fingerprint density at radius 3 is 2.44 bits per heavy atom. The van der Waals surface area contributed by atoms with Gasteiger partial charge in [0.15, 0.2) is 0 Å². The normalized spacial score (nSPS) is 15.5. The number of ether oxygens (including phenoxy) is 2.